The number of nitrogens with zero attached hydrogens (tertiary/aromatic N) is 3. The Morgan fingerprint density at radius 3 is 2.40 bits per heavy atom. The van der Waals surface area contributed by atoms with Gasteiger partial charge >= 0.3 is 18.1 Å². The number of hydrogen-bond acceptors (Lipinski definition) is 10. The molecule has 1 aromatic heterocycles. The predicted octanol–water partition coefficient (Wildman–Crippen LogP) is 4.30. The first-order valence-electron chi connectivity index (χ1n) is 13.0. The van der Waals surface area contributed by atoms with Crippen LogP contribution in [0.5, 0.6) is 34.8 Å². The molecule has 1 fully saturated rings. The summed E-state index contributed by atoms with van der Waals surface area (Å²) < 4.78 is 91.4. The second-order valence-electron chi connectivity index (χ2n) is 9.89. The summed E-state index contributed by atoms with van der Waals surface area (Å²) in [5.74, 6) is -11.7. The number of rotatable bonds is 11. The largest absolute Gasteiger partial charge is 0.491 e. The molecule has 1 atom stereocenters. The fourth-order valence-electron chi connectivity index (χ4n) is 4.15. The third-order valence-electron chi connectivity index (χ3n) is 6.29. The highest BCUT2D eigenvalue weighted by molar-refractivity contribution is 5.95. The highest BCUT2D eigenvalue weighted by Gasteiger charge is 2.42. The summed E-state index contributed by atoms with van der Waals surface area (Å²) in [6.45, 7) is -0.0813. The number of aromatic nitrogens is 1. The molecule has 45 heavy (non-hydrogen) atoms. The number of carbonyl (C=O) groups is 2. The Bertz CT molecular complexity index is 1620. The van der Waals surface area contributed by atoms with E-state index in [9.17, 15) is 22.8 Å². The second kappa shape index (κ2) is 13.2. The monoisotopic (exact) mass is 639 g/mol. The van der Waals surface area contributed by atoms with E-state index < -0.39 is 70.7 Å². The van der Waals surface area contributed by atoms with Crippen molar-refractivity contribution in [2.75, 3.05) is 38.6 Å². The number of pyridine rings is 1. The number of carbonyl (C=O) groups excluding carboxylic acids is 1. The number of nitrogen functional groups attached to an aromatic ring is 1. The van der Waals surface area contributed by atoms with Gasteiger partial charge in [0.05, 0.1) is 6.54 Å². The second-order valence-corrected chi connectivity index (χ2v) is 9.89. The molecule has 1 aliphatic heterocycles. The number of amidine groups is 1. The van der Waals surface area contributed by atoms with Gasteiger partial charge in [0.1, 0.15) is 17.7 Å². The molecule has 0 radical (unpaired) electrons. The van der Waals surface area contributed by atoms with Gasteiger partial charge in [-0.1, -0.05) is 6.07 Å². The molecular formula is C28H26F5N5O7. The molecule has 4 N–H and O–H groups in total. The number of anilines is 1. The summed E-state index contributed by atoms with van der Waals surface area (Å²) in [6, 6.07) is 9.03. The lowest BCUT2D eigenvalue weighted by molar-refractivity contribution is -0.189. The average Bonchev–Trinajstić information content (AvgIpc) is 3.40. The molecule has 0 bridgehead atoms. The molecule has 17 heteroatoms. The van der Waals surface area contributed by atoms with Gasteiger partial charge in [0.2, 0.25) is 17.4 Å². The number of likely N-dealkylation sites (tertiary alicyclic amines) is 1. The van der Waals surface area contributed by atoms with Gasteiger partial charge in [-0.3, -0.25) is 15.1 Å². The SMILES string of the molecule is CN(C)c1cccc(Oc2nc(Oc3cc(C(=N)N)ccc3OC(=O)C(F)(F)F)c(F)c(OC3CCN(CC(=O)O)C3)c2F)c1. The maximum absolute atomic E-state index is 15.8. The average molecular weight is 640 g/mol. The van der Waals surface area contributed by atoms with E-state index in [1.54, 1.807) is 31.1 Å². The highest BCUT2D eigenvalue weighted by Crippen LogP contribution is 2.41. The zero-order chi connectivity index (χ0) is 33.1. The molecule has 12 nitrogen and oxygen atoms in total. The van der Waals surface area contributed by atoms with Crippen LogP contribution in [0.2, 0.25) is 0 Å². The Morgan fingerprint density at radius 1 is 1.09 bits per heavy atom. The summed E-state index contributed by atoms with van der Waals surface area (Å²) >= 11 is 0. The van der Waals surface area contributed by atoms with E-state index in [2.05, 4.69) is 9.72 Å². The van der Waals surface area contributed by atoms with E-state index in [1.165, 1.54) is 17.0 Å². The number of carboxylic acid groups (broad SMARTS) is 1. The van der Waals surface area contributed by atoms with E-state index in [4.69, 9.17) is 30.5 Å². The minimum absolute atomic E-state index is 0.00294. The number of ether oxygens (including phenoxy) is 4. The Labute approximate surface area is 252 Å². The van der Waals surface area contributed by atoms with Gasteiger partial charge in [0.25, 0.3) is 11.8 Å². The number of alkyl halides is 3. The smallest absolute Gasteiger partial charge is 0.483 e. The van der Waals surface area contributed by atoms with Crippen LogP contribution in [0.4, 0.5) is 27.6 Å². The van der Waals surface area contributed by atoms with Crippen LogP contribution in [0.3, 0.4) is 0 Å². The van der Waals surface area contributed by atoms with Gasteiger partial charge in [-0.25, -0.2) is 4.79 Å². The molecule has 2 aromatic carbocycles. The maximum Gasteiger partial charge on any atom is 0.491 e. The molecule has 1 saturated heterocycles. The van der Waals surface area contributed by atoms with Gasteiger partial charge in [-0.15, -0.1) is 0 Å². The molecule has 0 spiro atoms. The molecule has 0 saturated carbocycles. The van der Waals surface area contributed by atoms with Gasteiger partial charge in [-0.2, -0.15) is 26.9 Å². The van der Waals surface area contributed by atoms with E-state index in [-0.39, 0.29) is 37.4 Å². The van der Waals surface area contributed by atoms with E-state index in [1.807, 2.05) is 0 Å². The van der Waals surface area contributed by atoms with E-state index in [0.717, 1.165) is 18.2 Å². The van der Waals surface area contributed by atoms with Crippen molar-refractivity contribution in [1.29, 1.82) is 5.41 Å². The van der Waals surface area contributed by atoms with Crippen LogP contribution in [0.1, 0.15) is 12.0 Å². The first-order valence-corrected chi connectivity index (χ1v) is 13.0. The fourth-order valence-corrected chi connectivity index (χ4v) is 4.15. The van der Waals surface area contributed by atoms with Gasteiger partial charge in [-0.05, 0) is 36.8 Å². The lowest BCUT2D eigenvalue weighted by Crippen LogP contribution is -2.30. The van der Waals surface area contributed by atoms with Gasteiger partial charge < -0.3 is 34.7 Å². The summed E-state index contributed by atoms with van der Waals surface area (Å²) in [7, 11) is 3.47. The van der Waals surface area contributed by atoms with Gasteiger partial charge in [0, 0.05) is 44.5 Å². The Balaban J connectivity index is 1.78. The third-order valence-corrected chi connectivity index (χ3v) is 6.29. The zero-order valence-electron chi connectivity index (χ0n) is 23.7. The predicted molar refractivity (Wildman–Crippen MR) is 147 cm³/mol. The van der Waals surface area contributed by atoms with Crippen molar-refractivity contribution in [1.82, 2.24) is 9.88 Å². The number of esters is 1. The van der Waals surface area contributed by atoms with Crippen molar-refractivity contribution in [3.8, 4) is 34.8 Å². The molecule has 2 heterocycles. The van der Waals surface area contributed by atoms with Crippen LogP contribution in [-0.2, 0) is 9.59 Å². The summed E-state index contributed by atoms with van der Waals surface area (Å²) in [4.78, 5) is 29.6. The van der Waals surface area contributed by atoms with Gasteiger partial charge in [0.15, 0.2) is 11.5 Å². The molecule has 240 valence electrons. The van der Waals surface area contributed by atoms with Crippen molar-refractivity contribution >= 4 is 23.5 Å². The number of halogens is 5. The number of aliphatic carboxylic acids is 1. The lowest BCUT2D eigenvalue weighted by atomic mass is 10.2. The molecule has 1 aliphatic rings. The van der Waals surface area contributed by atoms with Crippen LogP contribution < -0.4 is 29.6 Å². The molecule has 3 aromatic rings. The van der Waals surface area contributed by atoms with Crippen molar-refractivity contribution in [2.45, 2.75) is 18.7 Å². The summed E-state index contributed by atoms with van der Waals surface area (Å²) in [6.07, 6.45) is -6.09. The quantitative estimate of drug-likeness (QED) is 0.0902. The first kappa shape index (κ1) is 32.7. The Kier molecular flexibility index (Phi) is 9.60. The Morgan fingerprint density at radius 2 is 1.78 bits per heavy atom. The number of hydrogen-bond donors (Lipinski definition) is 3. The third kappa shape index (κ3) is 8.05. The van der Waals surface area contributed by atoms with E-state index in [0.29, 0.717) is 5.69 Å². The minimum Gasteiger partial charge on any atom is -0.483 e. The normalized spacial score (nSPS) is 15.0. The van der Waals surface area contributed by atoms with Crippen LogP contribution in [0.15, 0.2) is 42.5 Å². The highest BCUT2D eigenvalue weighted by atomic mass is 19.4. The molecular weight excluding hydrogens is 613 g/mol. The van der Waals surface area contributed by atoms with E-state index >= 15 is 8.78 Å². The molecule has 1 unspecified atom stereocenters. The van der Waals surface area contributed by atoms with Crippen LogP contribution in [-0.4, -0.2) is 78.8 Å². The maximum atomic E-state index is 15.8. The fraction of sp³-hybridized carbons (Fsp3) is 0.286. The van der Waals surface area contributed by atoms with Crippen LogP contribution in [0.25, 0.3) is 0 Å². The summed E-state index contributed by atoms with van der Waals surface area (Å²) in [5.41, 5.74) is 5.99. The molecule has 4 rings (SSSR count). The number of carboxylic acids is 1. The number of benzene rings is 2. The lowest BCUT2D eigenvalue weighted by Gasteiger charge is -2.19. The Hall–Kier alpha value is -5.19. The summed E-state index contributed by atoms with van der Waals surface area (Å²) in [5, 5.41) is 16.7. The molecule has 0 aliphatic carbocycles. The minimum atomic E-state index is -5.41. The number of nitrogens with two attached hydrogens (primary N) is 1. The van der Waals surface area contributed by atoms with Crippen molar-refractivity contribution in [3.63, 3.8) is 0 Å². The topological polar surface area (TPSA) is 161 Å². The van der Waals surface area contributed by atoms with Crippen molar-refractivity contribution in [3.05, 3.63) is 59.7 Å². The molecule has 0 amide bonds. The zero-order valence-corrected chi connectivity index (χ0v) is 23.7. The van der Waals surface area contributed by atoms with Crippen LogP contribution in [0, 0.1) is 17.0 Å². The van der Waals surface area contributed by atoms with Crippen LogP contribution >= 0.6 is 0 Å². The van der Waals surface area contributed by atoms with Crippen molar-refractivity contribution < 1.29 is 55.6 Å². The van der Waals surface area contributed by atoms with Crippen molar-refractivity contribution in [2.24, 2.45) is 5.73 Å². The first-order chi connectivity index (χ1) is 21.1. The number of nitrogens with one attached hydrogen (secondary N) is 1. The standard InChI is InChI=1S/C28H26F5N5O7/c1-37(2)15-4-3-5-16(11-15)43-25-21(29)23(42-17-8-9-38(12-17)13-20(39)40)22(30)26(36-25)44-19-10-14(24(34)35)6-7-18(19)45-27(41)28(31,32)33/h3-7,10-11,17H,8-9,12-13H2,1-2H3,(H3,34,35)(H,39,40).